The summed E-state index contributed by atoms with van der Waals surface area (Å²) >= 11 is 0. The molecule has 0 saturated carbocycles. The molecule has 1 N–H and O–H groups in total. The monoisotopic (exact) mass is 354 g/mol. The predicted octanol–water partition coefficient (Wildman–Crippen LogP) is 2.01. The largest absolute Gasteiger partial charge is 0.408 e. The molecule has 3 rings (SSSR count). The molecule has 0 spiro atoms. The lowest BCUT2D eigenvalue weighted by molar-refractivity contribution is -0.196. The molecule has 1 fully saturated rings. The predicted molar refractivity (Wildman–Crippen MR) is 82.9 cm³/mol. The van der Waals surface area contributed by atoms with Crippen LogP contribution in [-0.4, -0.2) is 50.9 Å². The number of hydrogen-bond acceptors (Lipinski definition) is 3. The van der Waals surface area contributed by atoms with Crippen molar-refractivity contribution in [1.82, 2.24) is 19.6 Å². The van der Waals surface area contributed by atoms with Gasteiger partial charge in [-0.15, -0.1) is 0 Å². The Hall–Kier alpha value is -2.58. The maximum atomic E-state index is 13.0. The Balaban J connectivity index is 1.70. The SMILES string of the molecule is CC(=O)N1CC(NC(=O)c2cn3ccccc3n2)CCC1C(F)(F)F. The lowest BCUT2D eigenvalue weighted by Crippen LogP contribution is -2.57. The second-order valence-electron chi connectivity index (χ2n) is 6.07. The van der Waals surface area contributed by atoms with E-state index in [1.807, 2.05) is 0 Å². The van der Waals surface area contributed by atoms with Crippen LogP contribution in [0.3, 0.4) is 0 Å². The van der Waals surface area contributed by atoms with Gasteiger partial charge in [-0.05, 0) is 25.0 Å². The van der Waals surface area contributed by atoms with Crippen LogP contribution < -0.4 is 5.32 Å². The lowest BCUT2D eigenvalue weighted by Gasteiger charge is -2.40. The van der Waals surface area contributed by atoms with Crippen molar-refractivity contribution in [2.45, 2.75) is 38.0 Å². The van der Waals surface area contributed by atoms with Crippen molar-refractivity contribution in [3.8, 4) is 0 Å². The molecule has 1 aliphatic heterocycles. The van der Waals surface area contributed by atoms with Crippen molar-refractivity contribution in [2.24, 2.45) is 0 Å². The van der Waals surface area contributed by atoms with Crippen molar-refractivity contribution in [3.05, 3.63) is 36.3 Å². The topological polar surface area (TPSA) is 66.7 Å². The maximum Gasteiger partial charge on any atom is 0.408 e. The van der Waals surface area contributed by atoms with Crippen LogP contribution in [0.4, 0.5) is 13.2 Å². The Morgan fingerprint density at radius 1 is 1.28 bits per heavy atom. The molecule has 2 amide bonds. The van der Waals surface area contributed by atoms with E-state index in [2.05, 4.69) is 10.3 Å². The van der Waals surface area contributed by atoms with Gasteiger partial charge < -0.3 is 14.6 Å². The molecule has 0 radical (unpaired) electrons. The first-order valence-electron chi connectivity index (χ1n) is 7.84. The number of pyridine rings is 1. The summed E-state index contributed by atoms with van der Waals surface area (Å²) in [7, 11) is 0. The molecule has 0 aromatic carbocycles. The molecule has 3 heterocycles. The van der Waals surface area contributed by atoms with Crippen LogP contribution in [0.15, 0.2) is 30.6 Å². The molecule has 2 unspecified atom stereocenters. The summed E-state index contributed by atoms with van der Waals surface area (Å²) in [5.41, 5.74) is 0.775. The number of halogens is 3. The van der Waals surface area contributed by atoms with Crippen LogP contribution in [0.1, 0.15) is 30.3 Å². The number of aromatic nitrogens is 2. The average Bonchev–Trinajstić information content (AvgIpc) is 2.98. The number of hydrogen-bond donors (Lipinski definition) is 1. The summed E-state index contributed by atoms with van der Waals surface area (Å²) in [5.74, 6) is -1.13. The van der Waals surface area contributed by atoms with Gasteiger partial charge in [-0.3, -0.25) is 9.59 Å². The van der Waals surface area contributed by atoms with E-state index in [-0.39, 0.29) is 25.1 Å². The fourth-order valence-corrected chi connectivity index (χ4v) is 3.08. The average molecular weight is 354 g/mol. The number of carbonyl (C=O) groups excluding carboxylic acids is 2. The van der Waals surface area contributed by atoms with Crippen molar-refractivity contribution >= 4 is 17.5 Å². The highest BCUT2D eigenvalue weighted by Gasteiger charge is 2.47. The number of fused-ring (bicyclic) bond motifs is 1. The summed E-state index contributed by atoms with van der Waals surface area (Å²) in [4.78, 5) is 28.8. The number of piperidine rings is 1. The highest BCUT2D eigenvalue weighted by atomic mass is 19.4. The zero-order valence-corrected chi connectivity index (χ0v) is 13.5. The fraction of sp³-hybridized carbons (Fsp3) is 0.438. The Kier molecular flexibility index (Phi) is 4.40. The summed E-state index contributed by atoms with van der Waals surface area (Å²) in [6.45, 7) is 0.934. The van der Waals surface area contributed by atoms with Crippen molar-refractivity contribution in [1.29, 1.82) is 0 Å². The molecule has 2 aromatic rings. The number of amides is 2. The Labute approximate surface area is 141 Å². The number of carbonyl (C=O) groups is 2. The highest BCUT2D eigenvalue weighted by Crippen LogP contribution is 2.32. The van der Waals surface area contributed by atoms with E-state index < -0.39 is 30.1 Å². The first-order valence-corrected chi connectivity index (χ1v) is 7.84. The van der Waals surface area contributed by atoms with E-state index in [1.165, 1.54) is 0 Å². The van der Waals surface area contributed by atoms with Gasteiger partial charge >= 0.3 is 6.18 Å². The summed E-state index contributed by atoms with van der Waals surface area (Å²) in [6, 6.07) is 2.98. The summed E-state index contributed by atoms with van der Waals surface area (Å²) < 4.78 is 40.8. The minimum Gasteiger partial charge on any atom is -0.346 e. The molecule has 9 heteroatoms. The van der Waals surface area contributed by atoms with E-state index in [0.29, 0.717) is 5.65 Å². The fourth-order valence-electron chi connectivity index (χ4n) is 3.08. The van der Waals surface area contributed by atoms with Gasteiger partial charge in [0.2, 0.25) is 5.91 Å². The van der Waals surface area contributed by atoms with Gasteiger partial charge in [-0.2, -0.15) is 13.2 Å². The Bertz CT molecular complexity index is 769. The van der Waals surface area contributed by atoms with Crippen LogP contribution in [0.5, 0.6) is 0 Å². The van der Waals surface area contributed by atoms with Gasteiger partial charge in [-0.1, -0.05) is 6.07 Å². The van der Waals surface area contributed by atoms with Crippen molar-refractivity contribution in [2.75, 3.05) is 6.54 Å². The van der Waals surface area contributed by atoms with Crippen LogP contribution in [-0.2, 0) is 4.79 Å². The number of nitrogens with zero attached hydrogens (tertiary/aromatic N) is 3. The normalized spacial score (nSPS) is 21.4. The first-order chi connectivity index (χ1) is 11.8. The molecule has 6 nitrogen and oxygen atoms in total. The van der Waals surface area contributed by atoms with E-state index in [0.717, 1.165) is 11.8 Å². The van der Waals surface area contributed by atoms with E-state index in [4.69, 9.17) is 0 Å². The second-order valence-corrected chi connectivity index (χ2v) is 6.07. The second kappa shape index (κ2) is 6.38. The molecule has 1 saturated heterocycles. The van der Waals surface area contributed by atoms with Crippen LogP contribution in [0.2, 0.25) is 0 Å². The zero-order chi connectivity index (χ0) is 18.2. The van der Waals surface area contributed by atoms with Crippen molar-refractivity contribution in [3.63, 3.8) is 0 Å². The third-order valence-corrected chi connectivity index (χ3v) is 4.30. The molecular weight excluding hydrogens is 337 g/mol. The molecule has 2 aromatic heterocycles. The number of imidazole rings is 1. The van der Waals surface area contributed by atoms with Gasteiger partial charge in [0, 0.05) is 31.9 Å². The van der Waals surface area contributed by atoms with E-state index >= 15 is 0 Å². The maximum absolute atomic E-state index is 13.0. The van der Waals surface area contributed by atoms with Gasteiger partial charge in [0.15, 0.2) is 0 Å². The molecule has 1 aliphatic rings. The molecule has 0 bridgehead atoms. The van der Waals surface area contributed by atoms with Crippen LogP contribution in [0.25, 0.3) is 5.65 Å². The van der Waals surface area contributed by atoms with Gasteiger partial charge in [0.25, 0.3) is 5.91 Å². The third kappa shape index (κ3) is 3.59. The lowest BCUT2D eigenvalue weighted by atomic mass is 9.97. The van der Waals surface area contributed by atoms with Crippen LogP contribution >= 0.6 is 0 Å². The molecule has 0 aliphatic carbocycles. The summed E-state index contributed by atoms with van der Waals surface area (Å²) in [6.07, 6.45) is -1.27. The minimum atomic E-state index is -4.47. The molecule has 134 valence electrons. The quantitative estimate of drug-likeness (QED) is 0.897. The van der Waals surface area contributed by atoms with Gasteiger partial charge in [0.05, 0.1) is 0 Å². The minimum absolute atomic E-state index is 0.146. The molecular formula is C16H17F3N4O2. The number of nitrogens with one attached hydrogen (secondary N) is 1. The van der Waals surface area contributed by atoms with Gasteiger partial charge in [-0.25, -0.2) is 4.98 Å². The molecule has 25 heavy (non-hydrogen) atoms. The van der Waals surface area contributed by atoms with E-state index in [9.17, 15) is 22.8 Å². The number of likely N-dealkylation sites (tertiary alicyclic amines) is 1. The van der Waals surface area contributed by atoms with Crippen molar-refractivity contribution < 1.29 is 22.8 Å². The third-order valence-electron chi connectivity index (χ3n) is 4.30. The Morgan fingerprint density at radius 3 is 2.68 bits per heavy atom. The highest BCUT2D eigenvalue weighted by molar-refractivity contribution is 5.93. The van der Waals surface area contributed by atoms with Gasteiger partial charge in [0.1, 0.15) is 17.4 Å². The number of alkyl halides is 3. The summed E-state index contributed by atoms with van der Waals surface area (Å²) in [5, 5.41) is 2.68. The van der Waals surface area contributed by atoms with Crippen LogP contribution in [0, 0.1) is 0 Å². The first kappa shape index (κ1) is 17.2. The molecule has 2 atom stereocenters. The smallest absolute Gasteiger partial charge is 0.346 e. The standard InChI is InChI=1S/C16H17F3N4O2/c1-10(24)23-8-11(5-6-13(23)16(17,18)19)20-15(25)12-9-22-7-3-2-4-14(22)21-12/h2-4,7,9,11,13H,5-6,8H2,1H3,(H,20,25). The number of rotatable bonds is 2. The van der Waals surface area contributed by atoms with E-state index in [1.54, 1.807) is 35.0 Å². The Morgan fingerprint density at radius 2 is 2.04 bits per heavy atom. The zero-order valence-electron chi connectivity index (χ0n) is 13.5.